The van der Waals surface area contributed by atoms with E-state index >= 15 is 0 Å². The minimum absolute atomic E-state index is 0.0313. The van der Waals surface area contributed by atoms with Gasteiger partial charge in [-0.3, -0.25) is 4.79 Å². The molecule has 1 unspecified atom stereocenters. The second kappa shape index (κ2) is 7.95. The van der Waals surface area contributed by atoms with Crippen LogP contribution < -0.4 is 5.32 Å². The highest BCUT2D eigenvalue weighted by molar-refractivity contribution is 7.17. The van der Waals surface area contributed by atoms with E-state index in [0.29, 0.717) is 35.4 Å². The van der Waals surface area contributed by atoms with E-state index in [9.17, 15) is 9.59 Å². The number of ether oxygens (including phenoxy) is 1. The average molecular weight is 337 g/mol. The highest BCUT2D eigenvalue weighted by Crippen LogP contribution is 2.40. The predicted octanol–water partition coefficient (Wildman–Crippen LogP) is 4.42. The van der Waals surface area contributed by atoms with Crippen molar-refractivity contribution in [3.8, 4) is 0 Å². The minimum Gasteiger partial charge on any atom is -0.462 e. The first-order chi connectivity index (χ1) is 10.9. The number of thiophene rings is 1. The number of anilines is 1. The molecule has 0 radical (unpaired) electrons. The maximum atomic E-state index is 12.5. The molecule has 23 heavy (non-hydrogen) atoms. The number of amides is 1. The number of nitrogens with one attached hydrogen (secondary N) is 1. The molecule has 0 aromatic carbocycles. The lowest BCUT2D eigenvalue weighted by Gasteiger charge is -2.18. The Kier molecular flexibility index (Phi) is 6.22. The molecule has 1 N–H and O–H groups in total. The van der Waals surface area contributed by atoms with Crippen LogP contribution in [-0.2, 0) is 22.4 Å². The second-order valence-electron chi connectivity index (χ2n) is 6.84. The molecule has 0 saturated heterocycles. The lowest BCUT2D eigenvalue weighted by molar-refractivity contribution is -0.116. The van der Waals surface area contributed by atoms with Gasteiger partial charge in [-0.15, -0.1) is 11.3 Å². The number of hydrogen-bond acceptors (Lipinski definition) is 4. The Bertz CT molecular complexity index is 577. The third-order valence-corrected chi connectivity index (χ3v) is 5.17. The van der Waals surface area contributed by atoms with Gasteiger partial charge in [0.15, 0.2) is 0 Å². The maximum absolute atomic E-state index is 12.5. The predicted molar refractivity (Wildman–Crippen MR) is 94.2 cm³/mol. The number of fused-ring (bicyclic) bond motifs is 1. The van der Waals surface area contributed by atoms with Crippen molar-refractivity contribution < 1.29 is 14.3 Å². The Balaban J connectivity index is 2.28. The van der Waals surface area contributed by atoms with Crippen LogP contribution in [0.3, 0.4) is 0 Å². The highest BCUT2D eigenvalue weighted by Gasteiger charge is 2.29. The van der Waals surface area contributed by atoms with E-state index in [1.165, 1.54) is 4.88 Å². The van der Waals surface area contributed by atoms with Gasteiger partial charge in [0.25, 0.3) is 0 Å². The SMILES string of the molecule is CCCOC(=O)c1c(NC(=O)CC(C)C)sc2c1CCC(C)C2. The molecule has 0 spiro atoms. The van der Waals surface area contributed by atoms with E-state index in [2.05, 4.69) is 12.2 Å². The number of rotatable bonds is 6. The van der Waals surface area contributed by atoms with Crippen LogP contribution in [0.1, 0.15) is 67.8 Å². The normalized spacial score (nSPS) is 17.0. The molecule has 1 atom stereocenters. The largest absolute Gasteiger partial charge is 0.462 e. The van der Waals surface area contributed by atoms with Gasteiger partial charge in [-0.1, -0.05) is 27.7 Å². The summed E-state index contributed by atoms with van der Waals surface area (Å²) in [6.45, 7) is 8.64. The van der Waals surface area contributed by atoms with Crippen LogP contribution in [0, 0.1) is 11.8 Å². The van der Waals surface area contributed by atoms with Gasteiger partial charge in [0.1, 0.15) is 5.00 Å². The smallest absolute Gasteiger partial charge is 0.341 e. The summed E-state index contributed by atoms with van der Waals surface area (Å²) >= 11 is 1.55. The first kappa shape index (κ1) is 18.0. The lowest BCUT2D eigenvalue weighted by atomic mass is 9.88. The summed E-state index contributed by atoms with van der Waals surface area (Å²) in [7, 11) is 0. The van der Waals surface area contributed by atoms with Crippen molar-refractivity contribution in [2.75, 3.05) is 11.9 Å². The molecule has 1 aliphatic carbocycles. The zero-order valence-corrected chi connectivity index (χ0v) is 15.3. The standard InChI is InChI=1S/C18H27NO3S/c1-5-8-22-18(21)16-13-7-6-12(4)10-14(13)23-17(16)19-15(20)9-11(2)3/h11-12H,5-10H2,1-4H3,(H,19,20). The molecule has 128 valence electrons. The van der Waals surface area contributed by atoms with E-state index in [1.807, 2.05) is 20.8 Å². The van der Waals surface area contributed by atoms with Crippen LogP contribution in [0.5, 0.6) is 0 Å². The zero-order chi connectivity index (χ0) is 17.0. The van der Waals surface area contributed by atoms with Gasteiger partial charge >= 0.3 is 5.97 Å². The van der Waals surface area contributed by atoms with Gasteiger partial charge in [0, 0.05) is 11.3 Å². The van der Waals surface area contributed by atoms with Gasteiger partial charge in [-0.2, -0.15) is 0 Å². The molecule has 1 aromatic rings. The van der Waals surface area contributed by atoms with E-state index in [0.717, 1.165) is 31.2 Å². The topological polar surface area (TPSA) is 55.4 Å². The Labute approximate surface area is 142 Å². The maximum Gasteiger partial charge on any atom is 0.341 e. The second-order valence-corrected chi connectivity index (χ2v) is 7.94. The Morgan fingerprint density at radius 2 is 2.13 bits per heavy atom. The summed E-state index contributed by atoms with van der Waals surface area (Å²) in [4.78, 5) is 25.8. The van der Waals surface area contributed by atoms with Crippen molar-refractivity contribution in [2.45, 2.75) is 59.8 Å². The van der Waals surface area contributed by atoms with Gasteiger partial charge < -0.3 is 10.1 Å². The van der Waals surface area contributed by atoms with Crippen molar-refractivity contribution >= 4 is 28.2 Å². The summed E-state index contributed by atoms with van der Waals surface area (Å²) in [6, 6.07) is 0. The summed E-state index contributed by atoms with van der Waals surface area (Å²) in [5, 5.41) is 3.63. The molecule has 4 nitrogen and oxygen atoms in total. The van der Waals surface area contributed by atoms with Crippen LogP contribution in [0.15, 0.2) is 0 Å². The van der Waals surface area contributed by atoms with Crippen LogP contribution in [0.2, 0.25) is 0 Å². The van der Waals surface area contributed by atoms with Crippen LogP contribution in [0.25, 0.3) is 0 Å². The number of hydrogen-bond donors (Lipinski definition) is 1. The minimum atomic E-state index is -0.293. The van der Waals surface area contributed by atoms with Crippen LogP contribution in [-0.4, -0.2) is 18.5 Å². The molecule has 0 aliphatic heterocycles. The van der Waals surface area contributed by atoms with Crippen molar-refractivity contribution in [1.29, 1.82) is 0 Å². The van der Waals surface area contributed by atoms with Gasteiger partial charge in [0.05, 0.1) is 12.2 Å². The fourth-order valence-electron chi connectivity index (χ4n) is 2.87. The fourth-order valence-corrected chi connectivity index (χ4v) is 4.29. The van der Waals surface area contributed by atoms with Gasteiger partial charge in [-0.25, -0.2) is 4.79 Å². The molecule has 1 aliphatic rings. The van der Waals surface area contributed by atoms with E-state index in [4.69, 9.17) is 4.74 Å². The molecular weight excluding hydrogens is 310 g/mol. The highest BCUT2D eigenvalue weighted by atomic mass is 32.1. The molecule has 1 amide bonds. The summed E-state index contributed by atoms with van der Waals surface area (Å²) in [5.41, 5.74) is 1.69. The summed E-state index contributed by atoms with van der Waals surface area (Å²) in [5.74, 6) is 0.593. The van der Waals surface area contributed by atoms with Crippen molar-refractivity contribution in [1.82, 2.24) is 0 Å². The quantitative estimate of drug-likeness (QED) is 0.782. The first-order valence-electron chi connectivity index (χ1n) is 8.53. The third-order valence-electron chi connectivity index (χ3n) is 4.00. The molecular formula is C18H27NO3S. The molecule has 2 rings (SSSR count). The van der Waals surface area contributed by atoms with E-state index in [1.54, 1.807) is 11.3 Å². The lowest BCUT2D eigenvalue weighted by Crippen LogP contribution is -2.17. The van der Waals surface area contributed by atoms with Crippen LogP contribution >= 0.6 is 11.3 Å². The number of carbonyl (C=O) groups is 2. The number of esters is 1. The van der Waals surface area contributed by atoms with Gasteiger partial charge in [-0.05, 0) is 43.1 Å². The number of carbonyl (C=O) groups excluding carboxylic acids is 2. The molecule has 5 heteroatoms. The molecule has 1 aromatic heterocycles. The molecule has 1 heterocycles. The molecule has 0 fully saturated rings. The third kappa shape index (κ3) is 4.56. The van der Waals surface area contributed by atoms with Crippen molar-refractivity contribution in [2.24, 2.45) is 11.8 Å². The summed E-state index contributed by atoms with van der Waals surface area (Å²) in [6.07, 6.45) is 4.21. The van der Waals surface area contributed by atoms with Crippen molar-refractivity contribution in [3.63, 3.8) is 0 Å². The first-order valence-corrected chi connectivity index (χ1v) is 9.35. The van der Waals surface area contributed by atoms with E-state index in [-0.39, 0.29) is 11.9 Å². The average Bonchev–Trinajstić information content (AvgIpc) is 2.80. The Hall–Kier alpha value is -1.36. The fraction of sp³-hybridized carbons (Fsp3) is 0.667. The Morgan fingerprint density at radius 3 is 2.78 bits per heavy atom. The van der Waals surface area contributed by atoms with Crippen molar-refractivity contribution in [3.05, 3.63) is 16.0 Å². The zero-order valence-electron chi connectivity index (χ0n) is 14.5. The van der Waals surface area contributed by atoms with Crippen LogP contribution in [0.4, 0.5) is 5.00 Å². The van der Waals surface area contributed by atoms with E-state index < -0.39 is 0 Å². The Morgan fingerprint density at radius 1 is 1.39 bits per heavy atom. The molecule has 0 bridgehead atoms. The molecule has 0 saturated carbocycles. The summed E-state index contributed by atoms with van der Waals surface area (Å²) < 4.78 is 5.35. The monoisotopic (exact) mass is 337 g/mol. The van der Waals surface area contributed by atoms with Gasteiger partial charge in [0.2, 0.25) is 5.91 Å².